The smallest absolute Gasteiger partial charge is 0.293 e. The maximum Gasteiger partial charge on any atom is 0.293 e. The van der Waals surface area contributed by atoms with Gasteiger partial charge in [0.25, 0.3) is 5.69 Å². The highest BCUT2D eigenvalue weighted by Crippen LogP contribution is 2.32. The van der Waals surface area contributed by atoms with Gasteiger partial charge in [0, 0.05) is 26.7 Å². The first-order valence-corrected chi connectivity index (χ1v) is 10.2. The molecule has 3 rings (SSSR count). The van der Waals surface area contributed by atoms with Crippen molar-refractivity contribution < 1.29 is 27.6 Å². The molecule has 0 aromatic heterocycles. The van der Waals surface area contributed by atoms with E-state index in [0.717, 1.165) is 15.9 Å². The summed E-state index contributed by atoms with van der Waals surface area (Å²) in [7, 11) is -1.38. The number of sulfonamides is 1. The molecule has 160 valence electrons. The van der Waals surface area contributed by atoms with Gasteiger partial charge in [-0.2, -0.15) is 4.31 Å². The number of anilines is 1. The van der Waals surface area contributed by atoms with E-state index in [1.54, 1.807) is 18.2 Å². The van der Waals surface area contributed by atoms with E-state index < -0.39 is 27.4 Å². The number of carbonyl (C=O) groups excluding carboxylic acids is 1. The second-order valence-corrected chi connectivity index (χ2v) is 8.46. The number of hydrogen-bond acceptors (Lipinski definition) is 8. The summed E-state index contributed by atoms with van der Waals surface area (Å²) < 4.78 is 36.8. The molecule has 2 aromatic rings. The average molecular weight is 436 g/mol. The van der Waals surface area contributed by atoms with Crippen LogP contribution >= 0.6 is 0 Å². The van der Waals surface area contributed by atoms with Crippen molar-refractivity contribution in [2.45, 2.75) is 11.4 Å². The van der Waals surface area contributed by atoms with Gasteiger partial charge < -0.3 is 20.1 Å². The Morgan fingerprint density at radius 1 is 1.20 bits per heavy atom. The van der Waals surface area contributed by atoms with Crippen molar-refractivity contribution >= 4 is 27.3 Å². The fourth-order valence-electron chi connectivity index (χ4n) is 2.81. The summed E-state index contributed by atoms with van der Waals surface area (Å²) in [5.74, 6) is 0.669. The van der Waals surface area contributed by atoms with Gasteiger partial charge in [0.1, 0.15) is 5.69 Å². The summed E-state index contributed by atoms with van der Waals surface area (Å²) in [6.07, 6.45) is 0. The molecule has 11 nitrogen and oxygen atoms in total. The van der Waals surface area contributed by atoms with Gasteiger partial charge in [-0.3, -0.25) is 14.9 Å². The highest BCUT2D eigenvalue weighted by Gasteiger charge is 2.26. The summed E-state index contributed by atoms with van der Waals surface area (Å²) in [6, 6.07) is 8.72. The summed E-state index contributed by atoms with van der Waals surface area (Å²) >= 11 is 0. The molecule has 0 bridgehead atoms. The second-order valence-electron chi connectivity index (χ2n) is 6.41. The Morgan fingerprint density at radius 2 is 1.93 bits per heavy atom. The van der Waals surface area contributed by atoms with E-state index >= 15 is 0 Å². The van der Waals surface area contributed by atoms with E-state index in [1.807, 2.05) is 0 Å². The van der Waals surface area contributed by atoms with Crippen molar-refractivity contribution in [1.82, 2.24) is 9.62 Å². The van der Waals surface area contributed by atoms with E-state index in [-0.39, 0.29) is 29.6 Å². The first-order chi connectivity index (χ1) is 14.2. The minimum absolute atomic E-state index is 0.140. The van der Waals surface area contributed by atoms with Crippen LogP contribution in [0.1, 0.15) is 5.56 Å². The zero-order valence-corrected chi connectivity index (χ0v) is 17.1. The van der Waals surface area contributed by atoms with Gasteiger partial charge in [0.2, 0.25) is 22.7 Å². The second kappa shape index (κ2) is 8.55. The number of nitro benzene ring substituents is 1. The van der Waals surface area contributed by atoms with Gasteiger partial charge in [-0.25, -0.2) is 8.42 Å². The molecule has 0 spiro atoms. The topological polar surface area (TPSA) is 140 Å². The van der Waals surface area contributed by atoms with Crippen molar-refractivity contribution in [2.24, 2.45) is 0 Å². The Morgan fingerprint density at radius 3 is 2.63 bits per heavy atom. The van der Waals surface area contributed by atoms with Crippen LogP contribution < -0.4 is 20.1 Å². The lowest BCUT2D eigenvalue weighted by atomic mass is 10.2. The number of fused-ring (bicyclic) bond motifs is 1. The van der Waals surface area contributed by atoms with Crippen molar-refractivity contribution in [1.29, 1.82) is 0 Å². The number of amides is 1. The number of benzene rings is 2. The van der Waals surface area contributed by atoms with Crippen molar-refractivity contribution in [2.75, 3.05) is 32.7 Å². The maximum absolute atomic E-state index is 12.7. The Kier molecular flexibility index (Phi) is 6.08. The molecular formula is C18H20N4O7S. The number of rotatable bonds is 8. The maximum atomic E-state index is 12.7. The van der Waals surface area contributed by atoms with Crippen LogP contribution in [-0.4, -0.2) is 51.0 Å². The van der Waals surface area contributed by atoms with Crippen molar-refractivity contribution in [3.63, 3.8) is 0 Å². The van der Waals surface area contributed by atoms with Crippen LogP contribution in [0.2, 0.25) is 0 Å². The molecule has 0 saturated heterocycles. The molecular weight excluding hydrogens is 416 g/mol. The molecule has 0 unspecified atom stereocenters. The summed E-state index contributed by atoms with van der Waals surface area (Å²) in [6.45, 7) is -0.137. The van der Waals surface area contributed by atoms with Crippen molar-refractivity contribution in [3.05, 3.63) is 52.1 Å². The SMILES string of the molecule is CNc1ccc(S(=O)(=O)N(C)CC(=O)NCc2ccc3c(c2)OCO3)cc1[N+](=O)[O-]. The molecule has 12 heteroatoms. The van der Waals surface area contributed by atoms with E-state index in [1.165, 1.54) is 26.2 Å². The molecule has 0 atom stereocenters. The highest BCUT2D eigenvalue weighted by molar-refractivity contribution is 7.89. The minimum atomic E-state index is -4.10. The van der Waals surface area contributed by atoms with Crippen molar-refractivity contribution in [3.8, 4) is 11.5 Å². The summed E-state index contributed by atoms with van der Waals surface area (Å²) in [5.41, 5.74) is 0.568. The van der Waals surface area contributed by atoms with Gasteiger partial charge >= 0.3 is 0 Å². The quantitative estimate of drug-likeness (QED) is 0.466. The van der Waals surface area contributed by atoms with E-state index in [0.29, 0.717) is 11.5 Å². The van der Waals surface area contributed by atoms with E-state index in [9.17, 15) is 23.3 Å². The highest BCUT2D eigenvalue weighted by atomic mass is 32.2. The molecule has 1 amide bonds. The number of nitrogens with one attached hydrogen (secondary N) is 2. The third-order valence-electron chi connectivity index (χ3n) is 4.44. The third kappa shape index (κ3) is 4.44. The largest absolute Gasteiger partial charge is 0.454 e. The van der Waals surface area contributed by atoms with Gasteiger partial charge in [-0.05, 0) is 29.8 Å². The zero-order chi connectivity index (χ0) is 21.9. The number of ether oxygens (including phenoxy) is 2. The third-order valence-corrected chi connectivity index (χ3v) is 6.24. The molecule has 0 fully saturated rings. The fraction of sp³-hybridized carbons (Fsp3) is 0.278. The number of nitro groups is 1. The number of likely N-dealkylation sites (N-methyl/N-ethyl adjacent to an activating group) is 1. The molecule has 0 saturated carbocycles. The Balaban J connectivity index is 1.65. The molecule has 2 aromatic carbocycles. The van der Waals surface area contributed by atoms with Crippen LogP contribution in [0.15, 0.2) is 41.3 Å². The molecule has 1 aliphatic rings. The standard InChI is InChI=1S/C18H20N4O7S/c1-19-14-5-4-13(8-15(14)22(24)25)30(26,27)21(2)10-18(23)20-9-12-3-6-16-17(7-12)29-11-28-16/h3-8,19H,9-11H2,1-2H3,(H,20,23). The van der Waals surface area contributed by atoms with E-state index in [2.05, 4.69) is 10.6 Å². The monoisotopic (exact) mass is 436 g/mol. The summed E-state index contributed by atoms with van der Waals surface area (Å²) in [4.78, 5) is 22.4. The van der Waals surface area contributed by atoms with E-state index in [4.69, 9.17) is 9.47 Å². The van der Waals surface area contributed by atoms with Gasteiger partial charge in [-0.15, -0.1) is 0 Å². The van der Waals surface area contributed by atoms with Gasteiger partial charge in [0.05, 0.1) is 16.4 Å². The molecule has 30 heavy (non-hydrogen) atoms. The lowest BCUT2D eigenvalue weighted by Gasteiger charge is -2.17. The molecule has 0 aliphatic carbocycles. The first-order valence-electron chi connectivity index (χ1n) is 8.80. The Bertz CT molecular complexity index is 1090. The molecule has 1 heterocycles. The summed E-state index contributed by atoms with van der Waals surface area (Å²) in [5, 5.41) is 16.4. The van der Waals surface area contributed by atoms with Crippen LogP contribution in [0.3, 0.4) is 0 Å². The normalized spacial score (nSPS) is 12.6. The Labute approximate surface area is 172 Å². The van der Waals surface area contributed by atoms with Gasteiger partial charge in [-0.1, -0.05) is 6.07 Å². The number of nitrogens with zero attached hydrogens (tertiary/aromatic N) is 2. The lowest BCUT2D eigenvalue weighted by Crippen LogP contribution is -2.38. The predicted molar refractivity (Wildman–Crippen MR) is 107 cm³/mol. The minimum Gasteiger partial charge on any atom is -0.454 e. The molecule has 2 N–H and O–H groups in total. The molecule has 0 radical (unpaired) electrons. The van der Waals surface area contributed by atoms with Crippen LogP contribution in [0.4, 0.5) is 11.4 Å². The first kappa shape index (κ1) is 21.3. The van der Waals surface area contributed by atoms with Crippen LogP contribution in [0.25, 0.3) is 0 Å². The van der Waals surface area contributed by atoms with Crippen LogP contribution in [0.5, 0.6) is 11.5 Å². The number of carbonyl (C=O) groups is 1. The average Bonchev–Trinajstić information content (AvgIpc) is 3.19. The van der Waals surface area contributed by atoms with Crippen LogP contribution in [0, 0.1) is 10.1 Å². The predicted octanol–water partition coefficient (Wildman–Crippen LogP) is 1.30. The van der Waals surface area contributed by atoms with Crippen LogP contribution in [-0.2, 0) is 21.4 Å². The lowest BCUT2D eigenvalue weighted by molar-refractivity contribution is -0.384. The number of hydrogen-bond donors (Lipinski definition) is 2. The van der Waals surface area contributed by atoms with Gasteiger partial charge in [0.15, 0.2) is 11.5 Å². The zero-order valence-electron chi connectivity index (χ0n) is 16.2. The molecule has 1 aliphatic heterocycles. The Hall–Kier alpha value is -3.38. The fourth-order valence-corrected chi connectivity index (χ4v) is 3.96.